The molecular formula is C16H17N5. The summed E-state index contributed by atoms with van der Waals surface area (Å²) >= 11 is 0. The van der Waals surface area contributed by atoms with E-state index in [9.17, 15) is 0 Å². The Labute approximate surface area is 122 Å². The second kappa shape index (κ2) is 5.68. The van der Waals surface area contributed by atoms with Gasteiger partial charge in [0.2, 0.25) is 0 Å². The Hall–Kier alpha value is -2.79. The molecule has 0 atom stereocenters. The fourth-order valence-electron chi connectivity index (χ4n) is 2.40. The van der Waals surface area contributed by atoms with Crippen molar-refractivity contribution in [3.05, 3.63) is 66.8 Å². The molecule has 0 unspecified atom stereocenters. The van der Waals surface area contributed by atoms with E-state index in [1.54, 1.807) is 6.20 Å². The molecular weight excluding hydrogens is 262 g/mol. The third kappa shape index (κ3) is 2.73. The maximum Gasteiger partial charge on any atom is 0.138 e. The van der Waals surface area contributed by atoms with Crippen LogP contribution in [0.2, 0.25) is 0 Å². The summed E-state index contributed by atoms with van der Waals surface area (Å²) in [6.45, 7) is 0.540. The van der Waals surface area contributed by atoms with E-state index in [1.165, 1.54) is 16.8 Å². The number of hydrogen-bond acceptors (Lipinski definition) is 4. The van der Waals surface area contributed by atoms with Gasteiger partial charge in [-0.2, -0.15) is 0 Å². The van der Waals surface area contributed by atoms with E-state index in [1.807, 2.05) is 30.5 Å². The van der Waals surface area contributed by atoms with E-state index < -0.39 is 0 Å². The first-order valence-electron chi connectivity index (χ1n) is 6.69. The Morgan fingerprint density at radius 3 is 2.76 bits per heavy atom. The van der Waals surface area contributed by atoms with Crippen molar-refractivity contribution in [3.63, 3.8) is 0 Å². The summed E-state index contributed by atoms with van der Waals surface area (Å²) in [4.78, 5) is 7.67. The Kier molecular flexibility index (Phi) is 3.57. The Morgan fingerprint density at radius 1 is 1.19 bits per heavy atom. The summed E-state index contributed by atoms with van der Waals surface area (Å²) in [7, 11) is 0. The molecule has 3 aromatic rings. The molecule has 2 aromatic heterocycles. The predicted molar refractivity (Wildman–Crippen MR) is 84.6 cm³/mol. The number of nitrogens with two attached hydrogens (primary N) is 2. The minimum Gasteiger partial charge on any atom is -0.403 e. The van der Waals surface area contributed by atoms with Gasteiger partial charge in [-0.3, -0.25) is 0 Å². The molecule has 0 spiro atoms. The monoisotopic (exact) mass is 279 g/mol. The number of aromatic amines is 1. The number of benzene rings is 1. The molecule has 0 saturated carbocycles. The van der Waals surface area contributed by atoms with Crippen LogP contribution in [-0.4, -0.2) is 15.0 Å². The molecule has 1 aromatic carbocycles. The minimum atomic E-state index is 0.540. The first kappa shape index (κ1) is 13.2. The molecule has 5 heteroatoms. The molecule has 0 fully saturated rings. The topological polar surface area (TPSA) is 84.0 Å². The zero-order chi connectivity index (χ0) is 14.7. The molecule has 0 aliphatic rings. The number of rotatable bonds is 4. The highest BCUT2D eigenvalue weighted by Gasteiger charge is 2.08. The average molecular weight is 279 g/mol. The van der Waals surface area contributed by atoms with E-state index in [0.29, 0.717) is 6.54 Å². The molecule has 106 valence electrons. The van der Waals surface area contributed by atoms with Crippen LogP contribution in [0, 0.1) is 0 Å². The van der Waals surface area contributed by atoms with Crippen LogP contribution in [0.25, 0.3) is 22.2 Å². The highest BCUT2D eigenvalue weighted by Crippen LogP contribution is 2.27. The van der Waals surface area contributed by atoms with Gasteiger partial charge in [0.1, 0.15) is 5.65 Å². The van der Waals surface area contributed by atoms with Crippen LogP contribution >= 0.6 is 0 Å². The van der Waals surface area contributed by atoms with Crippen LogP contribution in [0.15, 0.2) is 61.1 Å². The number of aromatic nitrogens is 2. The van der Waals surface area contributed by atoms with Crippen molar-refractivity contribution in [2.75, 3.05) is 0 Å². The van der Waals surface area contributed by atoms with Crippen molar-refractivity contribution in [1.82, 2.24) is 15.0 Å². The van der Waals surface area contributed by atoms with Crippen LogP contribution < -0.4 is 11.6 Å². The molecule has 5 N–H and O–H groups in total. The summed E-state index contributed by atoms with van der Waals surface area (Å²) in [5.41, 5.74) is 9.50. The molecule has 0 bridgehead atoms. The van der Waals surface area contributed by atoms with Crippen molar-refractivity contribution < 1.29 is 0 Å². The van der Waals surface area contributed by atoms with Gasteiger partial charge in [-0.05, 0) is 23.3 Å². The van der Waals surface area contributed by atoms with Crippen molar-refractivity contribution in [2.24, 2.45) is 11.6 Å². The summed E-state index contributed by atoms with van der Waals surface area (Å²) in [5.74, 6) is 5.81. The highest BCUT2D eigenvalue weighted by atomic mass is 15.4. The lowest BCUT2D eigenvalue weighted by molar-refractivity contribution is 0.382. The first-order chi connectivity index (χ1) is 10.3. The fraction of sp³-hybridized carbons (Fsp3) is 0.0625. The van der Waals surface area contributed by atoms with Crippen LogP contribution in [0.3, 0.4) is 0 Å². The second-order valence-corrected chi connectivity index (χ2v) is 4.80. The summed E-state index contributed by atoms with van der Waals surface area (Å²) in [6, 6.07) is 14.4. The number of nitrogens with zero attached hydrogens (tertiary/aromatic N) is 2. The maximum atomic E-state index is 5.81. The molecule has 2 heterocycles. The second-order valence-electron chi connectivity index (χ2n) is 4.80. The largest absolute Gasteiger partial charge is 0.403 e. The molecule has 0 amide bonds. The SMILES string of the molecule is N/C=C\N(N)Cc1cc2c(-c3ccccc3)ccnc2[nH]1. The third-order valence-corrected chi connectivity index (χ3v) is 3.30. The van der Waals surface area contributed by atoms with Gasteiger partial charge in [-0.1, -0.05) is 30.3 Å². The molecule has 0 aliphatic heterocycles. The van der Waals surface area contributed by atoms with Gasteiger partial charge in [0, 0.05) is 29.7 Å². The standard InChI is InChI=1S/C16H17N5/c17-7-9-21(18)11-13-10-15-14(6-8-19-16(15)20-13)12-4-2-1-3-5-12/h1-10H,11,17-18H2,(H,19,20)/b9-7-. The zero-order valence-corrected chi connectivity index (χ0v) is 11.5. The normalized spacial score (nSPS) is 11.3. The minimum absolute atomic E-state index is 0.540. The predicted octanol–water partition coefficient (Wildman–Crippen LogP) is 2.34. The van der Waals surface area contributed by atoms with Gasteiger partial charge in [0.15, 0.2) is 0 Å². The van der Waals surface area contributed by atoms with Gasteiger partial charge >= 0.3 is 0 Å². The Balaban J connectivity index is 2.02. The molecule has 0 saturated heterocycles. The van der Waals surface area contributed by atoms with Crippen molar-refractivity contribution in [1.29, 1.82) is 0 Å². The van der Waals surface area contributed by atoms with E-state index in [4.69, 9.17) is 11.6 Å². The van der Waals surface area contributed by atoms with Crippen LogP contribution in [-0.2, 0) is 6.54 Å². The van der Waals surface area contributed by atoms with Gasteiger partial charge in [0.25, 0.3) is 0 Å². The third-order valence-electron chi connectivity index (χ3n) is 3.30. The van der Waals surface area contributed by atoms with E-state index in [2.05, 4.69) is 28.2 Å². The average Bonchev–Trinajstić information content (AvgIpc) is 2.90. The number of pyridine rings is 1. The summed E-state index contributed by atoms with van der Waals surface area (Å²) in [5, 5.41) is 2.61. The molecule has 0 radical (unpaired) electrons. The van der Waals surface area contributed by atoms with Crippen LogP contribution in [0.4, 0.5) is 0 Å². The number of hydrogen-bond donors (Lipinski definition) is 3. The van der Waals surface area contributed by atoms with Gasteiger partial charge in [0.05, 0.1) is 6.54 Å². The van der Waals surface area contributed by atoms with Crippen molar-refractivity contribution in [3.8, 4) is 11.1 Å². The quantitative estimate of drug-likeness (QED) is 0.505. The summed E-state index contributed by atoms with van der Waals surface area (Å²) < 4.78 is 0. The van der Waals surface area contributed by atoms with Crippen molar-refractivity contribution in [2.45, 2.75) is 6.54 Å². The van der Waals surface area contributed by atoms with Crippen LogP contribution in [0.5, 0.6) is 0 Å². The number of fused-ring (bicyclic) bond motifs is 1. The highest BCUT2D eigenvalue weighted by molar-refractivity contribution is 5.93. The van der Waals surface area contributed by atoms with Gasteiger partial charge < -0.3 is 15.7 Å². The zero-order valence-electron chi connectivity index (χ0n) is 11.5. The van der Waals surface area contributed by atoms with Gasteiger partial charge in [-0.25, -0.2) is 10.8 Å². The molecule has 21 heavy (non-hydrogen) atoms. The molecule has 5 nitrogen and oxygen atoms in total. The van der Waals surface area contributed by atoms with E-state index in [0.717, 1.165) is 22.3 Å². The molecule has 0 aliphatic carbocycles. The summed E-state index contributed by atoms with van der Waals surface area (Å²) in [6.07, 6.45) is 4.85. The van der Waals surface area contributed by atoms with Crippen molar-refractivity contribution >= 4 is 11.0 Å². The maximum absolute atomic E-state index is 5.81. The lowest BCUT2D eigenvalue weighted by Gasteiger charge is -2.10. The smallest absolute Gasteiger partial charge is 0.138 e. The lowest BCUT2D eigenvalue weighted by atomic mass is 10.0. The Morgan fingerprint density at radius 2 is 2.00 bits per heavy atom. The number of hydrazine groups is 1. The van der Waals surface area contributed by atoms with Gasteiger partial charge in [-0.15, -0.1) is 0 Å². The van der Waals surface area contributed by atoms with Crippen LogP contribution in [0.1, 0.15) is 5.69 Å². The van der Waals surface area contributed by atoms with E-state index in [-0.39, 0.29) is 0 Å². The number of nitrogens with one attached hydrogen (secondary N) is 1. The number of H-pyrrole nitrogens is 1. The molecule has 3 rings (SSSR count). The van der Waals surface area contributed by atoms with E-state index >= 15 is 0 Å². The fourth-order valence-corrected chi connectivity index (χ4v) is 2.40. The lowest BCUT2D eigenvalue weighted by Crippen LogP contribution is -2.24. The first-order valence-corrected chi connectivity index (χ1v) is 6.69. The Bertz CT molecular complexity index is 761.